The normalized spacial score (nSPS) is 16.2. The molecule has 1 saturated heterocycles. The van der Waals surface area contributed by atoms with E-state index in [0.717, 1.165) is 0 Å². The number of alkyl halides is 2. The number of hydrogen-bond donors (Lipinski definition) is 1. The maximum atomic E-state index is 12.2. The molecule has 0 unspecified atom stereocenters. The van der Waals surface area contributed by atoms with Gasteiger partial charge in [-0.2, -0.15) is 0 Å². The van der Waals surface area contributed by atoms with Crippen LogP contribution in [0.5, 0.6) is 0 Å². The molecule has 2 rings (SSSR count). The second-order valence-electron chi connectivity index (χ2n) is 4.62. The molecule has 7 heteroatoms. The van der Waals surface area contributed by atoms with Crippen molar-refractivity contribution in [2.24, 2.45) is 0 Å². The van der Waals surface area contributed by atoms with Gasteiger partial charge in [0, 0.05) is 31.5 Å². The van der Waals surface area contributed by atoms with Crippen LogP contribution >= 0.6 is 23.2 Å². The first-order valence-electron chi connectivity index (χ1n) is 6.36. The highest BCUT2D eigenvalue weighted by atomic mass is 35.5. The minimum atomic E-state index is -1.05. The van der Waals surface area contributed by atoms with E-state index in [2.05, 4.69) is 10.3 Å². The highest BCUT2D eigenvalue weighted by Crippen LogP contribution is 2.14. The van der Waals surface area contributed by atoms with E-state index in [0.29, 0.717) is 31.5 Å². The summed E-state index contributed by atoms with van der Waals surface area (Å²) in [7, 11) is 0. The second kappa shape index (κ2) is 6.90. The Morgan fingerprint density at radius 3 is 2.60 bits per heavy atom. The SMILES string of the molecule is O=C(NC1CCN(C(=O)c2cccnc2)CC1)C(Cl)Cl. The lowest BCUT2D eigenvalue weighted by Gasteiger charge is -2.32. The Balaban J connectivity index is 1.85. The lowest BCUT2D eigenvalue weighted by Crippen LogP contribution is -2.47. The number of aromatic nitrogens is 1. The number of pyridine rings is 1. The van der Waals surface area contributed by atoms with Crippen molar-refractivity contribution in [1.82, 2.24) is 15.2 Å². The molecule has 0 spiro atoms. The molecule has 1 N–H and O–H groups in total. The standard InChI is InChI=1S/C13H15Cl2N3O2/c14-11(15)12(19)17-10-3-6-18(7-4-10)13(20)9-2-1-5-16-8-9/h1-2,5,8,10-11H,3-4,6-7H2,(H,17,19). The van der Waals surface area contributed by atoms with E-state index in [4.69, 9.17) is 23.2 Å². The quantitative estimate of drug-likeness (QED) is 0.862. The molecule has 5 nitrogen and oxygen atoms in total. The molecule has 0 radical (unpaired) electrons. The summed E-state index contributed by atoms with van der Waals surface area (Å²) in [4.78, 5) is 28.2. The van der Waals surface area contributed by atoms with Crippen LogP contribution in [0.3, 0.4) is 0 Å². The minimum absolute atomic E-state index is 0.0143. The first kappa shape index (κ1) is 15.1. The molecule has 1 aromatic rings. The zero-order valence-corrected chi connectivity index (χ0v) is 12.3. The Morgan fingerprint density at radius 1 is 1.35 bits per heavy atom. The predicted molar refractivity (Wildman–Crippen MR) is 76.8 cm³/mol. The van der Waals surface area contributed by atoms with Crippen LogP contribution in [-0.4, -0.2) is 45.7 Å². The van der Waals surface area contributed by atoms with Gasteiger partial charge in [0.1, 0.15) is 0 Å². The lowest BCUT2D eigenvalue weighted by molar-refractivity contribution is -0.120. The smallest absolute Gasteiger partial charge is 0.255 e. The summed E-state index contributed by atoms with van der Waals surface area (Å²) in [6.07, 6.45) is 4.57. The van der Waals surface area contributed by atoms with Crippen molar-refractivity contribution in [1.29, 1.82) is 0 Å². The Kier molecular flexibility index (Phi) is 5.20. The first-order valence-corrected chi connectivity index (χ1v) is 7.23. The monoisotopic (exact) mass is 315 g/mol. The number of carbonyl (C=O) groups is 2. The number of carbonyl (C=O) groups excluding carboxylic acids is 2. The van der Waals surface area contributed by atoms with Crippen LogP contribution in [0.15, 0.2) is 24.5 Å². The van der Waals surface area contributed by atoms with Gasteiger partial charge in [-0.3, -0.25) is 14.6 Å². The number of nitrogens with one attached hydrogen (secondary N) is 1. The molecule has 1 fully saturated rings. The maximum absolute atomic E-state index is 12.2. The van der Waals surface area contributed by atoms with Crippen LogP contribution < -0.4 is 5.32 Å². The Hall–Kier alpha value is -1.33. The van der Waals surface area contributed by atoms with Gasteiger partial charge in [-0.1, -0.05) is 23.2 Å². The van der Waals surface area contributed by atoms with Crippen LogP contribution in [0.2, 0.25) is 0 Å². The minimum Gasteiger partial charge on any atom is -0.351 e. The molecule has 0 atom stereocenters. The third-order valence-corrected chi connectivity index (χ3v) is 3.63. The molecule has 20 heavy (non-hydrogen) atoms. The number of nitrogens with zero attached hydrogens (tertiary/aromatic N) is 2. The molecule has 0 bridgehead atoms. The molecule has 0 saturated carbocycles. The van der Waals surface area contributed by atoms with Gasteiger partial charge in [-0.25, -0.2) is 0 Å². The van der Waals surface area contributed by atoms with Crippen LogP contribution in [0.25, 0.3) is 0 Å². The van der Waals surface area contributed by atoms with Gasteiger partial charge in [-0.05, 0) is 25.0 Å². The number of halogens is 2. The van der Waals surface area contributed by atoms with Gasteiger partial charge in [0.15, 0.2) is 4.84 Å². The number of amides is 2. The van der Waals surface area contributed by atoms with Gasteiger partial charge in [-0.15, -0.1) is 0 Å². The maximum Gasteiger partial charge on any atom is 0.255 e. The fourth-order valence-corrected chi connectivity index (χ4v) is 2.29. The van der Waals surface area contributed by atoms with E-state index in [-0.39, 0.29) is 17.9 Å². The van der Waals surface area contributed by atoms with Crippen molar-refractivity contribution in [3.05, 3.63) is 30.1 Å². The van der Waals surface area contributed by atoms with Gasteiger partial charge >= 0.3 is 0 Å². The van der Waals surface area contributed by atoms with Gasteiger partial charge in [0.05, 0.1) is 5.56 Å². The fourth-order valence-electron chi connectivity index (χ4n) is 2.16. The summed E-state index contributed by atoms with van der Waals surface area (Å²) in [5.41, 5.74) is 0.580. The summed E-state index contributed by atoms with van der Waals surface area (Å²) < 4.78 is 0. The van der Waals surface area contributed by atoms with Crippen LogP contribution in [0.4, 0.5) is 0 Å². The number of hydrogen-bond acceptors (Lipinski definition) is 3. The Labute approximate surface area is 127 Å². The van der Waals surface area contributed by atoms with E-state index in [9.17, 15) is 9.59 Å². The van der Waals surface area contributed by atoms with Crippen LogP contribution in [-0.2, 0) is 4.79 Å². The molecule has 2 amide bonds. The largest absolute Gasteiger partial charge is 0.351 e. The Morgan fingerprint density at radius 2 is 2.05 bits per heavy atom. The molecule has 1 aliphatic heterocycles. The molecule has 1 aliphatic rings. The highest BCUT2D eigenvalue weighted by molar-refractivity contribution is 6.53. The van der Waals surface area contributed by atoms with Crippen molar-refractivity contribution >= 4 is 35.0 Å². The number of piperidine rings is 1. The van der Waals surface area contributed by atoms with Gasteiger partial charge in [0.2, 0.25) is 0 Å². The zero-order valence-electron chi connectivity index (χ0n) is 10.8. The van der Waals surface area contributed by atoms with Crippen LogP contribution in [0, 0.1) is 0 Å². The van der Waals surface area contributed by atoms with E-state index < -0.39 is 4.84 Å². The topological polar surface area (TPSA) is 62.3 Å². The summed E-state index contributed by atoms with van der Waals surface area (Å²) >= 11 is 11.0. The molecule has 0 aliphatic carbocycles. The van der Waals surface area contributed by atoms with Crippen molar-refractivity contribution in [2.75, 3.05) is 13.1 Å². The van der Waals surface area contributed by atoms with Crippen molar-refractivity contribution < 1.29 is 9.59 Å². The Bertz CT molecular complexity index is 474. The van der Waals surface area contributed by atoms with E-state index in [1.165, 1.54) is 0 Å². The van der Waals surface area contributed by atoms with E-state index >= 15 is 0 Å². The van der Waals surface area contributed by atoms with E-state index in [1.807, 2.05) is 0 Å². The third kappa shape index (κ3) is 3.84. The predicted octanol–water partition coefficient (Wildman–Crippen LogP) is 1.61. The summed E-state index contributed by atoms with van der Waals surface area (Å²) in [5, 5.41) is 2.76. The highest BCUT2D eigenvalue weighted by Gasteiger charge is 2.25. The van der Waals surface area contributed by atoms with Crippen molar-refractivity contribution in [3.63, 3.8) is 0 Å². The molecule has 1 aromatic heterocycles. The van der Waals surface area contributed by atoms with Gasteiger partial charge in [0.25, 0.3) is 11.8 Å². The lowest BCUT2D eigenvalue weighted by atomic mass is 10.0. The summed E-state index contributed by atoms with van der Waals surface area (Å²) in [6, 6.07) is 3.50. The molecule has 0 aromatic carbocycles. The average Bonchev–Trinajstić information content (AvgIpc) is 2.48. The summed E-state index contributed by atoms with van der Waals surface area (Å²) in [6.45, 7) is 1.18. The second-order valence-corrected chi connectivity index (χ2v) is 5.71. The van der Waals surface area contributed by atoms with Crippen LogP contribution in [0.1, 0.15) is 23.2 Å². The van der Waals surface area contributed by atoms with Crippen molar-refractivity contribution in [2.45, 2.75) is 23.7 Å². The molecular formula is C13H15Cl2N3O2. The number of likely N-dealkylation sites (tertiary alicyclic amines) is 1. The third-order valence-electron chi connectivity index (χ3n) is 3.24. The molecule has 108 valence electrons. The van der Waals surface area contributed by atoms with E-state index in [1.54, 1.807) is 29.4 Å². The number of rotatable bonds is 3. The average molecular weight is 316 g/mol. The van der Waals surface area contributed by atoms with Crippen molar-refractivity contribution in [3.8, 4) is 0 Å². The van der Waals surface area contributed by atoms with Gasteiger partial charge < -0.3 is 10.2 Å². The first-order chi connectivity index (χ1) is 9.58. The molecular weight excluding hydrogens is 301 g/mol. The molecule has 2 heterocycles. The fraction of sp³-hybridized carbons (Fsp3) is 0.462. The zero-order chi connectivity index (χ0) is 14.5. The summed E-state index contributed by atoms with van der Waals surface area (Å²) in [5.74, 6) is -0.416.